The molecule has 8 nitrogen and oxygen atoms in total. The van der Waals surface area contributed by atoms with Crippen LogP contribution in [0.3, 0.4) is 0 Å². The Bertz CT molecular complexity index is 1140. The minimum Gasteiger partial charge on any atom is -0.348 e. The van der Waals surface area contributed by atoms with Crippen LogP contribution >= 0.6 is 11.8 Å². The molecular weight excluding hydrogens is 520 g/mol. The number of piperazine rings is 1. The van der Waals surface area contributed by atoms with Gasteiger partial charge < -0.3 is 14.5 Å². The molecule has 40 heavy (non-hydrogen) atoms. The number of amides is 1. The minimum atomic E-state index is -0.221. The lowest BCUT2D eigenvalue weighted by Crippen LogP contribution is -2.73. The Morgan fingerprint density at radius 2 is 2.10 bits per heavy atom. The van der Waals surface area contributed by atoms with Crippen LogP contribution in [0.2, 0.25) is 0 Å². The molecular formula is C31H44N6O2S. The number of ether oxygens (including phenoxy) is 1. The highest BCUT2D eigenvalue weighted by atomic mass is 32.2. The molecule has 5 aliphatic rings. The Labute approximate surface area is 243 Å². The molecule has 0 radical (unpaired) electrons. The van der Waals surface area contributed by atoms with Crippen LogP contribution < -0.4 is 10.6 Å². The molecule has 3 saturated heterocycles. The van der Waals surface area contributed by atoms with Crippen LogP contribution in [0.5, 0.6) is 0 Å². The van der Waals surface area contributed by atoms with Crippen molar-refractivity contribution in [2.75, 3.05) is 39.8 Å². The van der Waals surface area contributed by atoms with Gasteiger partial charge in [0.05, 0.1) is 31.3 Å². The van der Waals surface area contributed by atoms with Crippen molar-refractivity contribution in [3.8, 4) is 6.07 Å². The second-order valence-electron chi connectivity index (χ2n) is 12.5. The van der Waals surface area contributed by atoms with Gasteiger partial charge in [-0.3, -0.25) is 20.3 Å². The van der Waals surface area contributed by atoms with E-state index in [0.717, 1.165) is 25.9 Å². The summed E-state index contributed by atoms with van der Waals surface area (Å²) in [6.45, 7) is 10.0. The van der Waals surface area contributed by atoms with Crippen LogP contribution in [0.1, 0.15) is 56.9 Å². The highest BCUT2D eigenvalue weighted by Crippen LogP contribution is 2.60. The number of nitriles is 1. The Hall–Kier alpha value is -1.93. The van der Waals surface area contributed by atoms with Crippen molar-refractivity contribution < 1.29 is 9.53 Å². The molecule has 2 N–H and O–H groups in total. The van der Waals surface area contributed by atoms with E-state index in [0.29, 0.717) is 50.0 Å². The zero-order valence-electron chi connectivity index (χ0n) is 23.9. The van der Waals surface area contributed by atoms with Gasteiger partial charge in [0, 0.05) is 47.3 Å². The molecule has 1 amide bonds. The molecule has 1 spiro atoms. The second-order valence-corrected chi connectivity index (χ2v) is 13.9. The van der Waals surface area contributed by atoms with E-state index in [1.54, 1.807) is 0 Å². The number of hydrogen-bond donors (Lipinski definition) is 2. The Kier molecular flexibility index (Phi) is 8.28. The summed E-state index contributed by atoms with van der Waals surface area (Å²) in [6.07, 6.45) is 7.47. The number of carbonyl (C=O) groups excluding carboxylic acids is 1. The maximum Gasteiger partial charge on any atom is 0.246 e. The summed E-state index contributed by atoms with van der Waals surface area (Å²) in [5.74, 6) is 0.870. The summed E-state index contributed by atoms with van der Waals surface area (Å²) in [7, 11) is 2.20. The average Bonchev–Trinajstić information content (AvgIpc) is 3.50. The third-order valence-electron chi connectivity index (χ3n) is 10.4. The van der Waals surface area contributed by atoms with Gasteiger partial charge >= 0.3 is 0 Å². The van der Waals surface area contributed by atoms with Gasteiger partial charge in [-0.05, 0) is 69.3 Å². The molecule has 0 aromatic heterocycles. The number of fused-ring (bicyclic) bond motifs is 2. The summed E-state index contributed by atoms with van der Waals surface area (Å²) in [4.78, 5) is 20.7. The summed E-state index contributed by atoms with van der Waals surface area (Å²) in [6, 6.07) is 11.9. The standard InChI is InChI=1S/C31H44N6O2S/c1-4-28(38)37-17-16-36(19-22(37)12-14-32)29-25-11-13-31(21(2)24-9-5-6-10-27(24)40-31)18-26(25)33-30(34-29)39-20-23-8-7-15-35(23)3/h4-6,9-10,21-23,25-26,29-30,33-34H,1,7-8,11-13,15-20H2,2-3H3/t21?,22?,23?,25?,26?,29?,30?,31-/m1/s1. The fourth-order valence-corrected chi connectivity index (χ4v) is 9.75. The number of hydrogen-bond acceptors (Lipinski definition) is 8. The van der Waals surface area contributed by atoms with Gasteiger partial charge in [-0.1, -0.05) is 31.7 Å². The largest absolute Gasteiger partial charge is 0.348 e. The summed E-state index contributed by atoms with van der Waals surface area (Å²) in [5.41, 5.74) is 1.50. The zero-order valence-corrected chi connectivity index (χ0v) is 24.7. The van der Waals surface area contributed by atoms with Gasteiger partial charge in [-0.15, -0.1) is 11.8 Å². The number of likely N-dealkylation sites (tertiary alicyclic amines) is 1. The van der Waals surface area contributed by atoms with E-state index >= 15 is 0 Å². The smallest absolute Gasteiger partial charge is 0.246 e. The maximum atomic E-state index is 12.5. The molecule has 8 atom stereocenters. The lowest BCUT2D eigenvalue weighted by atomic mass is 9.69. The van der Waals surface area contributed by atoms with Crippen molar-refractivity contribution in [2.45, 2.75) is 91.7 Å². The molecule has 7 unspecified atom stereocenters. The van der Waals surface area contributed by atoms with E-state index in [-0.39, 0.29) is 29.2 Å². The van der Waals surface area contributed by atoms with E-state index in [1.165, 1.54) is 35.8 Å². The van der Waals surface area contributed by atoms with Crippen molar-refractivity contribution in [2.24, 2.45) is 5.92 Å². The summed E-state index contributed by atoms with van der Waals surface area (Å²) < 4.78 is 6.77. The molecule has 0 bridgehead atoms. The molecule has 9 heteroatoms. The topological polar surface area (TPSA) is 83.9 Å². The first-order valence-electron chi connectivity index (χ1n) is 15.1. The highest BCUT2D eigenvalue weighted by molar-refractivity contribution is 8.01. The molecule has 1 saturated carbocycles. The molecule has 4 heterocycles. The summed E-state index contributed by atoms with van der Waals surface area (Å²) in [5, 5.41) is 17.3. The first kappa shape index (κ1) is 28.2. The molecule has 4 aliphatic heterocycles. The number of nitrogens with one attached hydrogen (secondary N) is 2. The number of nitrogens with zero attached hydrogens (tertiary/aromatic N) is 4. The van der Waals surface area contributed by atoms with Crippen LogP contribution in [0.25, 0.3) is 0 Å². The van der Waals surface area contributed by atoms with Gasteiger partial charge in [-0.2, -0.15) is 5.26 Å². The molecule has 4 fully saturated rings. The van der Waals surface area contributed by atoms with E-state index in [9.17, 15) is 10.1 Å². The number of likely N-dealkylation sites (N-methyl/N-ethyl adjacent to an activating group) is 1. The molecule has 1 aliphatic carbocycles. The molecule has 216 valence electrons. The SMILES string of the molecule is C=CC(=O)N1CCN(C2NC(OCC3CCCN3C)NC3C[C@@]4(CCC32)Sc2ccccc2C4C)CC1CC#N. The quantitative estimate of drug-likeness (QED) is 0.510. The van der Waals surface area contributed by atoms with Crippen molar-refractivity contribution >= 4 is 17.7 Å². The Morgan fingerprint density at radius 1 is 1.25 bits per heavy atom. The van der Waals surface area contributed by atoms with E-state index in [2.05, 4.69) is 83.1 Å². The zero-order chi connectivity index (χ0) is 27.9. The van der Waals surface area contributed by atoms with E-state index in [4.69, 9.17) is 4.74 Å². The van der Waals surface area contributed by atoms with Crippen LogP contribution in [-0.2, 0) is 9.53 Å². The van der Waals surface area contributed by atoms with Gasteiger partial charge in [0.15, 0.2) is 6.35 Å². The van der Waals surface area contributed by atoms with E-state index in [1.807, 2.05) is 4.90 Å². The van der Waals surface area contributed by atoms with Gasteiger partial charge in [0.25, 0.3) is 0 Å². The normalized spacial score (nSPS) is 38.1. The summed E-state index contributed by atoms with van der Waals surface area (Å²) >= 11 is 2.10. The van der Waals surface area contributed by atoms with Crippen LogP contribution in [0, 0.1) is 17.2 Å². The van der Waals surface area contributed by atoms with Gasteiger partial charge in [0.1, 0.15) is 0 Å². The van der Waals surface area contributed by atoms with Crippen molar-refractivity contribution in [1.29, 1.82) is 5.26 Å². The maximum absolute atomic E-state index is 12.5. The van der Waals surface area contributed by atoms with Crippen LogP contribution in [-0.4, -0.2) is 95.8 Å². The average molecular weight is 565 g/mol. The minimum absolute atomic E-state index is 0.0793. The molecule has 1 aromatic rings. The Morgan fingerprint density at radius 3 is 2.85 bits per heavy atom. The first-order valence-corrected chi connectivity index (χ1v) is 15.9. The highest BCUT2D eigenvalue weighted by Gasteiger charge is 2.54. The predicted molar refractivity (Wildman–Crippen MR) is 158 cm³/mol. The number of rotatable bonds is 6. The lowest BCUT2D eigenvalue weighted by molar-refractivity contribution is -0.135. The lowest BCUT2D eigenvalue weighted by Gasteiger charge is -2.55. The fourth-order valence-electron chi connectivity index (χ4n) is 8.02. The van der Waals surface area contributed by atoms with Crippen molar-refractivity contribution in [3.63, 3.8) is 0 Å². The molecule has 1 aromatic carbocycles. The third kappa shape index (κ3) is 5.23. The molecule has 6 rings (SSSR count). The number of benzene rings is 1. The Balaban J connectivity index is 1.22. The third-order valence-corrected chi connectivity index (χ3v) is 12.1. The predicted octanol–water partition coefficient (Wildman–Crippen LogP) is 3.33. The number of carbonyl (C=O) groups is 1. The first-order chi connectivity index (χ1) is 19.4. The fraction of sp³-hybridized carbons (Fsp3) is 0.677. The van der Waals surface area contributed by atoms with Gasteiger partial charge in [0.2, 0.25) is 5.91 Å². The van der Waals surface area contributed by atoms with Crippen molar-refractivity contribution in [1.82, 2.24) is 25.3 Å². The van der Waals surface area contributed by atoms with E-state index < -0.39 is 0 Å². The monoisotopic (exact) mass is 564 g/mol. The van der Waals surface area contributed by atoms with Crippen LogP contribution in [0.15, 0.2) is 41.8 Å². The van der Waals surface area contributed by atoms with Crippen LogP contribution in [0.4, 0.5) is 0 Å². The van der Waals surface area contributed by atoms with Crippen molar-refractivity contribution in [3.05, 3.63) is 42.5 Å². The number of thioether (sulfide) groups is 1. The second kappa shape index (κ2) is 11.7. The van der Waals surface area contributed by atoms with Gasteiger partial charge in [-0.25, -0.2) is 0 Å².